The Kier molecular flexibility index (Phi) is 5.96. The van der Waals surface area contributed by atoms with Crippen LogP contribution in [0, 0.1) is 23.0 Å². The molecule has 2 aliphatic heterocycles. The Balaban J connectivity index is 1.33. The number of nitro groups is 1. The summed E-state index contributed by atoms with van der Waals surface area (Å²) in [6.45, 7) is 1.76. The number of anilines is 2. The molecule has 1 saturated heterocycles. The van der Waals surface area contributed by atoms with E-state index in [2.05, 4.69) is 0 Å². The summed E-state index contributed by atoms with van der Waals surface area (Å²) in [6.07, 6.45) is -0.0176. The van der Waals surface area contributed by atoms with Gasteiger partial charge in [0.2, 0.25) is 5.91 Å². The molecule has 0 aromatic heterocycles. The van der Waals surface area contributed by atoms with E-state index < -0.39 is 34.3 Å². The van der Waals surface area contributed by atoms with Crippen molar-refractivity contribution in [2.24, 2.45) is 5.92 Å². The molecule has 0 N–H and O–H groups in total. The number of nitro benzene ring substituents is 1. The molecule has 1 fully saturated rings. The largest absolute Gasteiger partial charge is 0.426 e. The molecule has 3 amide bonds. The summed E-state index contributed by atoms with van der Waals surface area (Å²) >= 11 is 6.01. The monoisotopic (exact) mass is 519 g/mol. The van der Waals surface area contributed by atoms with E-state index in [4.69, 9.17) is 16.3 Å². The quantitative estimate of drug-likeness (QED) is 0.161. The van der Waals surface area contributed by atoms with Gasteiger partial charge in [-0.1, -0.05) is 23.7 Å². The van der Waals surface area contributed by atoms with Crippen LogP contribution in [0.1, 0.15) is 32.7 Å². The van der Waals surface area contributed by atoms with Crippen LogP contribution in [0.25, 0.3) is 0 Å². The average Bonchev–Trinajstić information content (AvgIpc) is 3.37. The maximum absolute atomic E-state index is 13.0. The number of ether oxygens (including phenoxy) is 1. The number of nitrogens with zero attached hydrogens (tertiary/aromatic N) is 3. The lowest BCUT2D eigenvalue weighted by Crippen LogP contribution is -2.30. The van der Waals surface area contributed by atoms with Gasteiger partial charge in [-0.2, -0.15) is 0 Å². The molecule has 0 aliphatic carbocycles. The number of esters is 1. The van der Waals surface area contributed by atoms with E-state index in [0.29, 0.717) is 16.3 Å². The summed E-state index contributed by atoms with van der Waals surface area (Å²) in [7, 11) is 0. The van der Waals surface area contributed by atoms with Crippen molar-refractivity contribution in [2.75, 3.05) is 16.3 Å². The highest BCUT2D eigenvalue weighted by Crippen LogP contribution is 2.36. The summed E-state index contributed by atoms with van der Waals surface area (Å²) in [6, 6.07) is 15.0. The number of fused-ring (bicyclic) bond motifs is 1. The van der Waals surface area contributed by atoms with Crippen molar-refractivity contribution in [2.45, 2.75) is 13.3 Å². The summed E-state index contributed by atoms with van der Waals surface area (Å²) in [5.74, 6) is -2.82. The lowest BCUT2D eigenvalue weighted by molar-refractivity contribution is -0.385. The third-order valence-electron chi connectivity index (χ3n) is 6.30. The van der Waals surface area contributed by atoms with Gasteiger partial charge in [0.05, 0.1) is 22.1 Å². The zero-order valence-electron chi connectivity index (χ0n) is 19.3. The highest BCUT2D eigenvalue weighted by molar-refractivity contribution is 6.36. The molecule has 0 spiro atoms. The minimum Gasteiger partial charge on any atom is -0.426 e. The van der Waals surface area contributed by atoms with Crippen molar-refractivity contribution < 1.29 is 28.8 Å². The van der Waals surface area contributed by atoms with Crippen LogP contribution in [0.5, 0.6) is 5.75 Å². The van der Waals surface area contributed by atoms with Crippen LogP contribution in [0.2, 0.25) is 5.02 Å². The lowest BCUT2D eigenvalue weighted by Gasteiger charge is -2.18. The normalized spacial score (nSPS) is 16.8. The van der Waals surface area contributed by atoms with Crippen LogP contribution in [0.15, 0.2) is 60.7 Å². The van der Waals surface area contributed by atoms with Gasteiger partial charge in [-0.15, -0.1) is 0 Å². The van der Waals surface area contributed by atoms with Gasteiger partial charge in [0.25, 0.3) is 17.5 Å². The SMILES string of the molecule is Cc1cc(OC(=O)[C@H]2CC(=O)N(c3cccc(Cl)c3)C2)ccc1N1C(=O)c2cccc([N+](=O)[O-])c2C1=O. The Morgan fingerprint density at radius 1 is 1.05 bits per heavy atom. The average molecular weight is 520 g/mol. The third kappa shape index (κ3) is 4.21. The van der Waals surface area contributed by atoms with Crippen LogP contribution in [0.4, 0.5) is 17.1 Å². The molecule has 5 rings (SSSR count). The molecule has 37 heavy (non-hydrogen) atoms. The molecule has 10 nitrogen and oxygen atoms in total. The Morgan fingerprint density at radius 2 is 1.81 bits per heavy atom. The summed E-state index contributed by atoms with van der Waals surface area (Å²) in [5, 5.41) is 11.8. The van der Waals surface area contributed by atoms with E-state index in [9.17, 15) is 29.3 Å². The van der Waals surface area contributed by atoms with Crippen LogP contribution < -0.4 is 14.5 Å². The van der Waals surface area contributed by atoms with Gasteiger partial charge < -0.3 is 9.64 Å². The minimum absolute atomic E-state index is 0.0176. The minimum atomic E-state index is -0.800. The van der Waals surface area contributed by atoms with Gasteiger partial charge >= 0.3 is 5.97 Å². The molecule has 0 unspecified atom stereocenters. The first-order valence-electron chi connectivity index (χ1n) is 11.2. The second-order valence-electron chi connectivity index (χ2n) is 8.66. The number of carbonyl (C=O) groups excluding carboxylic acids is 4. The molecule has 2 heterocycles. The maximum Gasteiger partial charge on any atom is 0.316 e. The van der Waals surface area contributed by atoms with Crippen molar-refractivity contribution in [3.8, 4) is 5.75 Å². The van der Waals surface area contributed by atoms with E-state index in [1.54, 1.807) is 31.2 Å². The van der Waals surface area contributed by atoms with E-state index in [-0.39, 0.29) is 41.4 Å². The number of hydrogen-bond acceptors (Lipinski definition) is 7. The van der Waals surface area contributed by atoms with Gasteiger partial charge in [-0.05, 0) is 55.0 Å². The van der Waals surface area contributed by atoms with Crippen LogP contribution in [-0.4, -0.2) is 35.2 Å². The van der Waals surface area contributed by atoms with Crippen molar-refractivity contribution >= 4 is 52.4 Å². The zero-order chi connectivity index (χ0) is 26.4. The predicted molar refractivity (Wildman–Crippen MR) is 133 cm³/mol. The van der Waals surface area contributed by atoms with Crippen molar-refractivity contribution in [3.63, 3.8) is 0 Å². The van der Waals surface area contributed by atoms with Gasteiger partial charge in [-0.25, -0.2) is 4.90 Å². The molecule has 0 saturated carbocycles. The smallest absolute Gasteiger partial charge is 0.316 e. The predicted octanol–water partition coefficient (Wildman–Crippen LogP) is 4.32. The molecule has 3 aromatic rings. The van der Waals surface area contributed by atoms with Gasteiger partial charge in [0.15, 0.2) is 0 Å². The molecule has 186 valence electrons. The third-order valence-corrected chi connectivity index (χ3v) is 6.53. The number of imide groups is 1. The molecule has 0 radical (unpaired) electrons. The van der Waals surface area contributed by atoms with E-state index in [1.165, 1.54) is 41.3 Å². The van der Waals surface area contributed by atoms with Crippen molar-refractivity contribution in [3.05, 3.63) is 92.5 Å². The van der Waals surface area contributed by atoms with E-state index >= 15 is 0 Å². The number of amides is 3. The van der Waals surface area contributed by atoms with E-state index in [1.807, 2.05) is 0 Å². The highest BCUT2D eigenvalue weighted by atomic mass is 35.5. The first-order valence-corrected chi connectivity index (χ1v) is 11.6. The molecule has 1 atom stereocenters. The fourth-order valence-electron chi connectivity index (χ4n) is 4.54. The Bertz CT molecular complexity index is 1520. The number of rotatable bonds is 5. The van der Waals surface area contributed by atoms with Gasteiger partial charge in [-0.3, -0.25) is 29.3 Å². The van der Waals surface area contributed by atoms with Crippen molar-refractivity contribution in [1.82, 2.24) is 0 Å². The fourth-order valence-corrected chi connectivity index (χ4v) is 4.72. The molecule has 2 aliphatic rings. The second kappa shape index (κ2) is 9.14. The summed E-state index contributed by atoms with van der Waals surface area (Å²) < 4.78 is 5.50. The first-order chi connectivity index (χ1) is 17.7. The Labute approximate surface area is 215 Å². The second-order valence-corrected chi connectivity index (χ2v) is 9.09. The summed E-state index contributed by atoms with van der Waals surface area (Å²) in [5.41, 5.74) is 0.481. The number of aryl methyl sites for hydroxylation is 1. The van der Waals surface area contributed by atoms with Crippen LogP contribution in [-0.2, 0) is 9.59 Å². The number of hydrogen-bond donors (Lipinski definition) is 0. The zero-order valence-corrected chi connectivity index (χ0v) is 20.1. The van der Waals surface area contributed by atoms with E-state index in [0.717, 1.165) is 4.90 Å². The van der Waals surface area contributed by atoms with Crippen LogP contribution in [0.3, 0.4) is 0 Å². The molecule has 3 aromatic carbocycles. The Hall–Kier alpha value is -4.57. The van der Waals surface area contributed by atoms with Gasteiger partial charge in [0.1, 0.15) is 11.3 Å². The maximum atomic E-state index is 13.0. The number of benzene rings is 3. The van der Waals surface area contributed by atoms with Gasteiger partial charge in [0, 0.05) is 29.7 Å². The topological polar surface area (TPSA) is 127 Å². The standard InChI is InChI=1S/C26H18ClN3O7/c1-14-10-18(37-26(34)15-11-22(31)28(13-15)17-5-2-4-16(27)12-17)8-9-20(14)29-24(32)19-6-3-7-21(30(35)36)23(19)25(29)33/h2-10,12,15H,11,13H2,1H3/t15-/m0/s1. The van der Waals surface area contributed by atoms with Crippen LogP contribution >= 0.6 is 11.6 Å². The molecule has 0 bridgehead atoms. The first kappa shape index (κ1) is 24.1. The molecule has 11 heteroatoms. The Morgan fingerprint density at radius 3 is 2.51 bits per heavy atom. The van der Waals surface area contributed by atoms with Crippen molar-refractivity contribution in [1.29, 1.82) is 0 Å². The summed E-state index contributed by atoms with van der Waals surface area (Å²) in [4.78, 5) is 64.2. The fraction of sp³-hybridized carbons (Fsp3) is 0.154. The lowest BCUT2D eigenvalue weighted by atomic mass is 10.1. The number of carbonyl (C=O) groups is 4. The molecular formula is C26H18ClN3O7. The highest BCUT2D eigenvalue weighted by Gasteiger charge is 2.42. The molecular weight excluding hydrogens is 502 g/mol. The number of halogens is 1.